The Labute approximate surface area is 163 Å². The second kappa shape index (κ2) is 8.53. The van der Waals surface area contributed by atoms with Crippen molar-refractivity contribution in [1.82, 2.24) is 5.32 Å². The number of benzene rings is 2. The van der Waals surface area contributed by atoms with Gasteiger partial charge >= 0.3 is 0 Å². The fourth-order valence-electron chi connectivity index (χ4n) is 3.07. The van der Waals surface area contributed by atoms with Crippen molar-refractivity contribution in [3.05, 3.63) is 83.9 Å². The Morgan fingerprint density at radius 1 is 1.07 bits per heavy atom. The van der Waals surface area contributed by atoms with Crippen molar-refractivity contribution in [2.75, 3.05) is 0 Å². The summed E-state index contributed by atoms with van der Waals surface area (Å²) in [5.74, 6) is -0.180. The van der Waals surface area contributed by atoms with E-state index in [9.17, 15) is 9.90 Å². The van der Waals surface area contributed by atoms with Gasteiger partial charge in [0.05, 0.1) is 11.6 Å². The normalized spacial score (nSPS) is 14.9. The number of hydrogen-bond acceptors (Lipinski definition) is 2. The maximum atomic E-state index is 12.8. The molecule has 0 spiro atoms. The van der Waals surface area contributed by atoms with Gasteiger partial charge in [0.2, 0.25) is 0 Å². The average Bonchev–Trinajstić information content (AvgIpc) is 2.61. The monoisotopic (exact) mass is 365 g/mol. The Bertz CT molecular complexity index is 755. The number of carbonyl (C=O) groups excluding carboxylic acids is 1. The highest BCUT2D eigenvalue weighted by Crippen LogP contribution is 2.23. The van der Waals surface area contributed by atoms with E-state index in [0.29, 0.717) is 18.4 Å². The van der Waals surface area contributed by atoms with Gasteiger partial charge in [0.15, 0.2) is 0 Å². The first-order valence-corrected chi connectivity index (χ1v) is 9.42. The Morgan fingerprint density at radius 2 is 1.67 bits per heavy atom. The summed E-state index contributed by atoms with van der Waals surface area (Å²) in [6.07, 6.45) is 2.63. The smallest absolute Gasteiger partial charge is 0.251 e. The lowest BCUT2D eigenvalue weighted by atomic mass is 9.86. The van der Waals surface area contributed by atoms with Gasteiger partial charge in [-0.05, 0) is 48.4 Å². The van der Waals surface area contributed by atoms with Crippen LogP contribution in [0.3, 0.4) is 0 Å². The van der Waals surface area contributed by atoms with E-state index in [2.05, 4.69) is 32.7 Å². The minimum absolute atomic E-state index is 0.0402. The van der Waals surface area contributed by atoms with E-state index in [4.69, 9.17) is 0 Å². The maximum absolute atomic E-state index is 12.8. The molecule has 27 heavy (non-hydrogen) atoms. The van der Waals surface area contributed by atoms with Crippen LogP contribution in [0.5, 0.6) is 0 Å². The van der Waals surface area contributed by atoms with E-state index in [1.165, 1.54) is 5.56 Å². The summed E-state index contributed by atoms with van der Waals surface area (Å²) in [4.78, 5) is 12.8. The van der Waals surface area contributed by atoms with E-state index >= 15 is 0 Å². The zero-order valence-corrected chi connectivity index (χ0v) is 16.8. The standard InChI is InChI=1S/C24H31NO2/c1-6-16-24(5,27)21(17-18-10-8-7-9-11-18)25-22(26)19-12-14-20(15-13-19)23(2,3)4/h6-15,21,27H,1,16-17H2,2-5H3,(H,25,26)/t21-,24-/m0/s1. The zero-order valence-electron chi connectivity index (χ0n) is 16.8. The van der Waals surface area contributed by atoms with Crippen molar-refractivity contribution < 1.29 is 9.90 Å². The average molecular weight is 366 g/mol. The minimum atomic E-state index is -1.08. The highest BCUT2D eigenvalue weighted by molar-refractivity contribution is 5.94. The molecule has 0 radical (unpaired) electrons. The number of carbonyl (C=O) groups is 1. The lowest BCUT2D eigenvalue weighted by Crippen LogP contribution is -2.52. The largest absolute Gasteiger partial charge is 0.388 e. The van der Waals surface area contributed by atoms with Gasteiger partial charge in [-0.15, -0.1) is 6.58 Å². The predicted molar refractivity (Wildman–Crippen MR) is 112 cm³/mol. The van der Waals surface area contributed by atoms with Crippen LogP contribution in [-0.4, -0.2) is 22.7 Å². The van der Waals surface area contributed by atoms with Crippen LogP contribution in [0.25, 0.3) is 0 Å². The molecule has 0 fully saturated rings. The van der Waals surface area contributed by atoms with Crippen molar-refractivity contribution in [1.29, 1.82) is 0 Å². The molecule has 2 atom stereocenters. The lowest BCUT2D eigenvalue weighted by molar-refractivity contribution is 0.0212. The van der Waals surface area contributed by atoms with E-state index < -0.39 is 11.6 Å². The van der Waals surface area contributed by atoms with Crippen LogP contribution in [0.1, 0.15) is 55.6 Å². The van der Waals surface area contributed by atoms with E-state index in [0.717, 1.165) is 5.56 Å². The van der Waals surface area contributed by atoms with Crippen LogP contribution in [0.2, 0.25) is 0 Å². The molecule has 144 valence electrons. The third-order valence-electron chi connectivity index (χ3n) is 4.91. The summed E-state index contributed by atoms with van der Waals surface area (Å²) in [6.45, 7) is 11.9. The molecule has 2 aromatic rings. The summed E-state index contributed by atoms with van der Waals surface area (Å²) in [5.41, 5.74) is 1.79. The topological polar surface area (TPSA) is 49.3 Å². The molecular weight excluding hydrogens is 334 g/mol. The van der Waals surface area contributed by atoms with Crippen LogP contribution in [0.15, 0.2) is 67.3 Å². The molecule has 2 aromatic carbocycles. The van der Waals surface area contributed by atoms with Crippen LogP contribution in [0.4, 0.5) is 0 Å². The van der Waals surface area contributed by atoms with Crippen LogP contribution in [0, 0.1) is 0 Å². The summed E-state index contributed by atoms with van der Waals surface area (Å²) in [7, 11) is 0. The highest BCUT2D eigenvalue weighted by atomic mass is 16.3. The second-order valence-electron chi connectivity index (χ2n) is 8.39. The third-order valence-corrected chi connectivity index (χ3v) is 4.91. The molecular formula is C24H31NO2. The molecule has 0 aliphatic carbocycles. The van der Waals surface area contributed by atoms with Crippen molar-refractivity contribution in [2.24, 2.45) is 0 Å². The molecule has 0 aliphatic heterocycles. The Kier molecular flexibility index (Phi) is 6.61. The first-order chi connectivity index (χ1) is 12.6. The first kappa shape index (κ1) is 20.9. The predicted octanol–water partition coefficient (Wildman–Crippen LogP) is 4.65. The Hall–Kier alpha value is -2.39. The van der Waals surface area contributed by atoms with E-state index in [1.807, 2.05) is 54.6 Å². The number of hydrogen-bond donors (Lipinski definition) is 2. The summed E-state index contributed by atoms with van der Waals surface area (Å²) in [5, 5.41) is 13.9. The number of amides is 1. The summed E-state index contributed by atoms with van der Waals surface area (Å²) in [6, 6.07) is 17.1. The quantitative estimate of drug-likeness (QED) is 0.702. The van der Waals surface area contributed by atoms with Gasteiger partial charge in [0.25, 0.3) is 5.91 Å². The van der Waals surface area contributed by atoms with Gasteiger partial charge in [-0.2, -0.15) is 0 Å². The molecule has 2 N–H and O–H groups in total. The molecule has 0 heterocycles. The molecule has 0 aliphatic rings. The van der Waals surface area contributed by atoms with Gasteiger partial charge in [-0.1, -0.05) is 69.3 Å². The molecule has 0 bridgehead atoms. The van der Waals surface area contributed by atoms with Gasteiger partial charge < -0.3 is 10.4 Å². The molecule has 3 heteroatoms. The zero-order chi connectivity index (χ0) is 20.1. The fraction of sp³-hybridized carbons (Fsp3) is 0.375. The van der Waals surface area contributed by atoms with Crippen molar-refractivity contribution in [3.8, 4) is 0 Å². The number of nitrogens with one attached hydrogen (secondary N) is 1. The van der Waals surface area contributed by atoms with E-state index in [1.54, 1.807) is 13.0 Å². The van der Waals surface area contributed by atoms with Crippen molar-refractivity contribution in [2.45, 2.75) is 57.6 Å². The van der Waals surface area contributed by atoms with Gasteiger partial charge in [-0.3, -0.25) is 4.79 Å². The SMILES string of the molecule is C=CC[C@](C)(O)[C@H](Cc1ccccc1)NC(=O)c1ccc(C(C)(C)C)cc1. The second-order valence-corrected chi connectivity index (χ2v) is 8.39. The Balaban J connectivity index is 2.20. The molecule has 0 saturated carbocycles. The highest BCUT2D eigenvalue weighted by Gasteiger charge is 2.32. The maximum Gasteiger partial charge on any atom is 0.251 e. The number of aliphatic hydroxyl groups is 1. The first-order valence-electron chi connectivity index (χ1n) is 9.42. The van der Waals surface area contributed by atoms with Crippen LogP contribution >= 0.6 is 0 Å². The number of rotatable bonds is 7. The van der Waals surface area contributed by atoms with Gasteiger partial charge in [-0.25, -0.2) is 0 Å². The molecule has 0 unspecified atom stereocenters. The van der Waals surface area contributed by atoms with Gasteiger partial charge in [0.1, 0.15) is 0 Å². The van der Waals surface area contributed by atoms with Crippen LogP contribution in [-0.2, 0) is 11.8 Å². The molecule has 2 rings (SSSR count). The molecule has 0 saturated heterocycles. The Morgan fingerprint density at radius 3 is 2.19 bits per heavy atom. The molecule has 3 nitrogen and oxygen atoms in total. The van der Waals surface area contributed by atoms with Crippen molar-refractivity contribution in [3.63, 3.8) is 0 Å². The summed E-state index contributed by atoms with van der Waals surface area (Å²) >= 11 is 0. The summed E-state index contributed by atoms with van der Waals surface area (Å²) < 4.78 is 0. The van der Waals surface area contributed by atoms with E-state index in [-0.39, 0.29) is 11.3 Å². The molecule has 0 aromatic heterocycles. The van der Waals surface area contributed by atoms with Gasteiger partial charge in [0, 0.05) is 5.56 Å². The van der Waals surface area contributed by atoms with Crippen molar-refractivity contribution >= 4 is 5.91 Å². The third kappa shape index (κ3) is 5.80. The molecule has 1 amide bonds. The lowest BCUT2D eigenvalue weighted by Gasteiger charge is -2.33. The fourth-order valence-corrected chi connectivity index (χ4v) is 3.07. The van der Waals surface area contributed by atoms with Crippen LogP contribution < -0.4 is 5.32 Å². The minimum Gasteiger partial charge on any atom is -0.388 e.